The quantitative estimate of drug-likeness (QED) is 0.536. The lowest BCUT2D eigenvalue weighted by atomic mass is 10.1. The second-order valence-corrected chi connectivity index (χ2v) is 7.82. The zero-order chi connectivity index (χ0) is 24.8. The van der Waals surface area contributed by atoms with Crippen molar-refractivity contribution in [1.82, 2.24) is 14.9 Å². The maximum absolute atomic E-state index is 12.8. The van der Waals surface area contributed by atoms with Gasteiger partial charge in [0.05, 0.1) is 18.8 Å². The number of morpholine rings is 1. The van der Waals surface area contributed by atoms with Gasteiger partial charge >= 0.3 is 6.36 Å². The number of anilines is 1. The molecule has 1 amide bonds. The van der Waals surface area contributed by atoms with E-state index < -0.39 is 6.36 Å². The number of carbonyl (C=O) groups is 1. The molecule has 10 heteroatoms. The Balaban J connectivity index is 1.47. The molecule has 0 saturated carbocycles. The Labute approximate surface area is 200 Å². The number of halogens is 3. The molecule has 1 aromatic carbocycles. The van der Waals surface area contributed by atoms with Crippen LogP contribution in [0.4, 0.5) is 19.0 Å². The lowest BCUT2D eigenvalue weighted by Crippen LogP contribution is -2.40. The van der Waals surface area contributed by atoms with Crippen LogP contribution < -0.4 is 10.1 Å². The molecule has 1 aliphatic heterocycles. The minimum atomic E-state index is -4.77. The summed E-state index contributed by atoms with van der Waals surface area (Å²) in [6, 6.07) is 9.52. The Hall–Kier alpha value is -3.92. The predicted molar refractivity (Wildman–Crippen MR) is 125 cm³/mol. The lowest BCUT2D eigenvalue weighted by molar-refractivity contribution is -0.274. The Morgan fingerprint density at radius 1 is 1.11 bits per heavy atom. The zero-order valence-corrected chi connectivity index (χ0v) is 18.9. The lowest BCUT2D eigenvalue weighted by Gasteiger charge is -2.26. The molecule has 3 aromatic rings. The van der Waals surface area contributed by atoms with Gasteiger partial charge in [-0.15, -0.1) is 13.2 Å². The van der Waals surface area contributed by atoms with Crippen molar-refractivity contribution in [2.45, 2.75) is 13.3 Å². The summed E-state index contributed by atoms with van der Waals surface area (Å²) < 4.78 is 47.2. The monoisotopic (exact) mass is 484 g/mol. The Kier molecular flexibility index (Phi) is 7.31. The number of aryl methyl sites for hydroxylation is 1. The number of hydrogen-bond acceptors (Lipinski definition) is 6. The van der Waals surface area contributed by atoms with Crippen LogP contribution in [0.3, 0.4) is 0 Å². The molecule has 2 aromatic heterocycles. The summed E-state index contributed by atoms with van der Waals surface area (Å²) >= 11 is 0. The second kappa shape index (κ2) is 10.6. The van der Waals surface area contributed by atoms with Gasteiger partial charge in [-0.3, -0.25) is 9.78 Å². The number of aromatic nitrogens is 2. The zero-order valence-electron chi connectivity index (χ0n) is 18.9. The van der Waals surface area contributed by atoms with Crippen LogP contribution in [0.15, 0.2) is 61.2 Å². The Morgan fingerprint density at radius 3 is 2.60 bits per heavy atom. The van der Waals surface area contributed by atoms with Gasteiger partial charge < -0.3 is 19.7 Å². The van der Waals surface area contributed by atoms with Crippen LogP contribution in [-0.4, -0.2) is 53.4 Å². The van der Waals surface area contributed by atoms with Gasteiger partial charge in [0.1, 0.15) is 11.6 Å². The van der Waals surface area contributed by atoms with Gasteiger partial charge in [-0.05, 0) is 36.8 Å². The van der Waals surface area contributed by atoms with Crippen molar-refractivity contribution in [2.75, 3.05) is 31.6 Å². The highest BCUT2D eigenvalue weighted by Gasteiger charge is 2.31. The molecule has 182 valence electrons. The van der Waals surface area contributed by atoms with Gasteiger partial charge in [0.15, 0.2) is 0 Å². The number of para-hydroxylation sites is 1. The molecule has 0 radical (unpaired) electrons. The van der Waals surface area contributed by atoms with Crippen LogP contribution in [0, 0.1) is 6.92 Å². The number of pyridine rings is 2. The maximum Gasteiger partial charge on any atom is 0.573 e. The van der Waals surface area contributed by atoms with E-state index in [2.05, 4.69) is 20.0 Å². The summed E-state index contributed by atoms with van der Waals surface area (Å²) in [5, 5.41) is 2.99. The van der Waals surface area contributed by atoms with Crippen molar-refractivity contribution in [3.8, 4) is 16.9 Å². The average molecular weight is 484 g/mol. The minimum Gasteiger partial charge on any atom is -0.405 e. The SMILES string of the molecule is Cc1cc(-c2cncc(C(=O)N3CCOCC3)c2)cnc1N/C=C/c1ccccc1OC(F)(F)F. The first-order valence-electron chi connectivity index (χ1n) is 10.9. The highest BCUT2D eigenvalue weighted by Crippen LogP contribution is 2.27. The van der Waals surface area contributed by atoms with Gasteiger partial charge in [0, 0.05) is 54.6 Å². The molecular weight excluding hydrogens is 461 g/mol. The van der Waals surface area contributed by atoms with Crippen molar-refractivity contribution >= 4 is 17.8 Å². The third-order valence-corrected chi connectivity index (χ3v) is 5.32. The summed E-state index contributed by atoms with van der Waals surface area (Å²) in [5.41, 5.74) is 3.09. The molecule has 35 heavy (non-hydrogen) atoms. The smallest absolute Gasteiger partial charge is 0.405 e. The van der Waals surface area contributed by atoms with Crippen molar-refractivity contribution in [2.24, 2.45) is 0 Å². The number of ether oxygens (including phenoxy) is 2. The molecule has 4 rings (SSSR count). The minimum absolute atomic E-state index is 0.0921. The van der Waals surface area contributed by atoms with E-state index in [0.717, 1.165) is 16.7 Å². The fraction of sp³-hybridized carbons (Fsp3) is 0.240. The molecule has 3 heterocycles. The largest absolute Gasteiger partial charge is 0.573 e. The number of nitrogens with zero attached hydrogens (tertiary/aromatic N) is 3. The molecule has 1 aliphatic rings. The highest BCUT2D eigenvalue weighted by molar-refractivity contribution is 5.95. The molecule has 0 atom stereocenters. The summed E-state index contributed by atoms with van der Waals surface area (Å²) in [7, 11) is 0. The number of nitrogens with one attached hydrogen (secondary N) is 1. The van der Waals surface area contributed by atoms with Gasteiger partial charge in [0.2, 0.25) is 0 Å². The van der Waals surface area contributed by atoms with E-state index in [-0.39, 0.29) is 17.2 Å². The molecule has 0 spiro atoms. The first-order chi connectivity index (χ1) is 16.8. The van der Waals surface area contributed by atoms with Crippen LogP contribution in [0.25, 0.3) is 17.2 Å². The van der Waals surface area contributed by atoms with E-state index in [0.29, 0.717) is 37.7 Å². The molecule has 1 saturated heterocycles. The molecule has 0 bridgehead atoms. The molecule has 0 unspecified atom stereocenters. The van der Waals surface area contributed by atoms with Crippen molar-refractivity contribution in [1.29, 1.82) is 0 Å². The fourth-order valence-electron chi connectivity index (χ4n) is 3.59. The molecule has 0 aliphatic carbocycles. The summed E-state index contributed by atoms with van der Waals surface area (Å²) in [6.45, 7) is 3.98. The Morgan fingerprint density at radius 2 is 1.86 bits per heavy atom. The average Bonchev–Trinajstić information content (AvgIpc) is 2.85. The van der Waals surface area contributed by atoms with Crippen LogP contribution in [0.1, 0.15) is 21.5 Å². The van der Waals surface area contributed by atoms with E-state index in [1.54, 1.807) is 35.6 Å². The van der Waals surface area contributed by atoms with E-state index in [4.69, 9.17) is 4.74 Å². The molecule has 1 N–H and O–H groups in total. The van der Waals surface area contributed by atoms with Gasteiger partial charge in [-0.1, -0.05) is 18.2 Å². The van der Waals surface area contributed by atoms with Crippen LogP contribution in [-0.2, 0) is 4.74 Å². The molecule has 1 fully saturated rings. The van der Waals surface area contributed by atoms with E-state index in [1.165, 1.54) is 30.5 Å². The highest BCUT2D eigenvalue weighted by atomic mass is 19.4. The number of hydrogen-bond donors (Lipinski definition) is 1. The van der Waals surface area contributed by atoms with Crippen LogP contribution in [0.2, 0.25) is 0 Å². The first kappa shape index (κ1) is 24.2. The van der Waals surface area contributed by atoms with E-state index in [1.807, 2.05) is 13.0 Å². The fourth-order valence-corrected chi connectivity index (χ4v) is 3.59. The number of carbonyl (C=O) groups excluding carboxylic acids is 1. The van der Waals surface area contributed by atoms with E-state index in [9.17, 15) is 18.0 Å². The topological polar surface area (TPSA) is 76.6 Å². The predicted octanol–water partition coefficient (Wildman–Crippen LogP) is 4.91. The standard InChI is InChI=1S/C25H23F3N4O3/c1-17-12-19(20-13-21(15-29-14-20)24(33)32-8-10-34-11-9-32)16-31-23(17)30-7-6-18-4-2-3-5-22(18)35-25(26,27)28/h2-7,12-16H,8-11H2,1H3,(H,30,31)/b7-6+. The molecule has 7 nitrogen and oxygen atoms in total. The third-order valence-electron chi connectivity index (χ3n) is 5.32. The summed E-state index contributed by atoms with van der Waals surface area (Å²) in [6.07, 6.45) is 3.05. The van der Waals surface area contributed by atoms with Crippen molar-refractivity contribution in [3.63, 3.8) is 0 Å². The van der Waals surface area contributed by atoms with Gasteiger partial charge in [-0.25, -0.2) is 4.98 Å². The van der Waals surface area contributed by atoms with E-state index >= 15 is 0 Å². The van der Waals surface area contributed by atoms with Crippen LogP contribution >= 0.6 is 0 Å². The maximum atomic E-state index is 12.8. The van der Waals surface area contributed by atoms with Crippen LogP contribution in [0.5, 0.6) is 5.75 Å². The summed E-state index contributed by atoms with van der Waals surface area (Å²) in [5.74, 6) is 0.148. The third kappa shape index (κ3) is 6.36. The molecular formula is C25H23F3N4O3. The number of alkyl halides is 3. The summed E-state index contributed by atoms with van der Waals surface area (Å²) in [4.78, 5) is 23.1. The number of benzene rings is 1. The normalized spacial score (nSPS) is 14.2. The number of rotatable bonds is 6. The van der Waals surface area contributed by atoms with Gasteiger partial charge in [-0.2, -0.15) is 0 Å². The first-order valence-corrected chi connectivity index (χ1v) is 10.9. The van der Waals surface area contributed by atoms with Crippen molar-refractivity contribution in [3.05, 3.63) is 77.9 Å². The Bertz CT molecular complexity index is 1220. The second-order valence-electron chi connectivity index (χ2n) is 7.82. The van der Waals surface area contributed by atoms with Crippen molar-refractivity contribution < 1.29 is 27.4 Å². The van der Waals surface area contributed by atoms with Gasteiger partial charge in [0.25, 0.3) is 5.91 Å². The number of amides is 1.